The maximum absolute atomic E-state index is 13.4. The summed E-state index contributed by atoms with van der Waals surface area (Å²) in [6, 6.07) is 15.3. The Bertz CT molecular complexity index is 1010. The van der Waals surface area contributed by atoms with Gasteiger partial charge in [-0.05, 0) is 29.7 Å². The van der Waals surface area contributed by atoms with Gasteiger partial charge in [0, 0.05) is 20.1 Å². The van der Waals surface area contributed by atoms with Crippen LogP contribution in [0.1, 0.15) is 36.9 Å². The molecule has 0 spiro atoms. The molecule has 0 fully saturated rings. The fourth-order valence-electron chi connectivity index (χ4n) is 3.24. The molecule has 1 N–H and O–H groups in total. The van der Waals surface area contributed by atoms with Gasteiger partial charge in [0.25, 0.3) is 0 Å². The van der Waals surface area contributed by atoms with Crippen LogP contribution in [0.2, 0.25) is 0 Å². The highest BCUT2D eigenvalue weighted by molar-refractivity contribution is 7.88. The molecule has 0 aromatic heterocycles. The van der Waals surface area contributed by atoms with E-state index in [9.17, 15) is 18.0 Å². The Morgan fingerprint density at radius 2 is 1.70 bits per heavy atom. The molecule has 0 saturated heterocycles. The van der Waals surface area contributed by atoms with Crippen molar-refractivity contribution in [3.63, 3.8) is 0 Å². The number of rotatable bonds is 12. The fraction of sp³-hybridized carbons (Fsp3) is 0.417. The van der Waals surface area contributed by atoms with Gasteiger partial charge in [0.15, 0.2) is 0 Å². The minimum atomic E-state index is -3.57. The molecule has 2 aromatic carbocycles. The number of amides is 2. The SMILES string of the molecule is CCCCNC(=O)[C@H](c1ccccc1)N(Cc1ccc(OC)cc1)C(=O)CN(C)S(C)(=O)=O. The summed E-state index contributed by atoms with van der Waals surface area (Å²) in [5.41, 5.74) is 1.43. The van der Waals surface area contributed by atoms with Crippen LogP contribution in [0.4, 0.5) is 0 Å². The Kier molecular flexibility index (Phi) is 9.87. The molecular weight excluding hydrogens is 442 g/mol. The molecule has 2 amide bonds. The van der Waals surface area contributed by atoms with E-state index in [4.69, 9.17) is 4.74 Å². The van der Waals surface area contributed by atoms with Gasteiger partial charge < -0.3 is 15.0 Å². The summed E-state index contributed by atoms with van der Waals surface area (Å²) < 4.78 is 30.0. The highest BCUT2D eigenvalue weighted by Crippen LogP contribution is 2.25. The number of carbonyl (C=O) groups excluding carboxylic acids is 2. The molecule has 0 aliphatic rings. The van der Waals surface area contributed by atoms with E-state index in [1.165, 1.54) is 11.9 Å². The van der Waals surface area contributed by atoms with E-state index in [0.29, 0.717) is 17.9 Å². The Morgan fingerprint density at radius 1 is 1.06 bits per heavy atom. The molecule has 33 heavy (non-hydrogen) atoms. The first-order chi connectivity index (χ1) is 15.7. The minimum Gasteiger partial charge on any atom is -0.497 e. The number of nitrogens with zero attached hydrogens (tertiary/aromatic N) is 2. The molecular formula is C24H33N3O5S. The molecule has 2 aromatic rings. The van der Waals surface area contributed by atoms with Gasteiger partial charge in [-0.2, -0.15) is 4.31 Å². The lowest BCUT2D eigenvalue weighted by molar-refractivity contribution is -0.141. The second kappa shape index (κ2) is 12.4. The third-order valence-corrected chi connectivity index (χ3v) is 6.52. The van der Waals surface area contributed by atoms with Crippen molar-refractivity contribution in [3.8, 4) is 5.75 Å². The Labute approximate surface area is 196 Å². The molecule has 1 atom stereocenters. The zero-order chi connectivity index (χ0) is 24.4. The predicted molar refractivity (Wildman–Crippen MR) is 128 cm³/mol. The van der Waals surface area contributed by atoms with E-state index < -0.39 is 22.0 Å². The van der Waals surface area contributed by atoms with Crippen molar-refractivity contribution < 1.29 is 22.7 Å². The molecule has 8 nitrogen and oxygen atoms in total. The van der Waals surface area contributed by atoms with Gasteiger partial charge in [-0.25, -0.2) is 8.42 Å². The van der Waals surface area contributed by atoms with Gasteiger partial charge in [-0.3, -0.25) is 9.59 Å². The summed E-state index contributed by atoms with van der Waals surface area (Å²) in [5.74, 6) is -0.109. The first kappa shape index (κ1) is 26.3. The fourth-order valence-corrected chi connectivity index (χ4v) is 3.59. The molecule has 2 rings (SSSR count). The molecule has 0 bridgehead atoms. The summed E-state index contributed by atoms with van der Waals surface area (Å²) in [4.78, 5) is 28.1. The number of sulfonamides is 1. The summed E-state index contributed by atoms with van der Waals surface area (Å²) >= 11 is 0. The third kappa shape index (κ3) is 7.87. The van der Waals surface area contributed by atoms with Gasteiger partial charge in [0.2, 0.25) is 21.8 Å². The van der Waals surface area contributed by atoms with E-state index in [2.05, 4.69) is 5.32 Å². The van der Waals surface area contributed by atoms with Crippen LogP contribution in [0.15, 0.2) is 54.6 Å². The Morgan fingerprint density at radius 3 is 2.24 bits per heavy atom. The summed E-state index contributed by atoms with van der Waals surface area (Å²) in [7, 11) is -0.660. The van der Waals surface area contributed by atoms with Crippen LogP contribution >= 0.6 is 0 Å². The Hall–Kier alpha value is -2.91. The first-order valence-corrected chi connectivity index (χ1v) is 12.7. The predicted octanol–water partition coefficient (Wildman–Crippen LogP) is 2.57. The number of hydrogen-bond acceptors (Lipinski definition) is 5. The highest BCUT2D eigenvalue weighted by atomic mass is 32.2. The lowest BCUT2D eigenvalue weighted by Gasteiger charge is -2.32. The van der Waals surface area contributed by atoms with Crippen LogP contribution in [0.25, 0.3) is 0 Å². The van der Waals surface area contributed by atoms with Gasteiger partial charge in [-0.15, -0.1) is 0 Å². The van der Waals surface area contributed by atoms with Crippen LogP contribution < -0.4 is 10.1 Å². The number of carbonyl (C=O) groups is 2. The number of likely N-dealkylation sites (N-methyl/N-ethyl adjacent to an activating group) is 1. The quantitative estimate of drug-likeness (QED) is 0.476. The average Bonchev–Trinajstić information content (AvgIpc) is 2.79. The number of unbranched alkanes of at least 4 members (excludes halogenated alkanes) is 1. The van der Waals surface area contributed by atoms with Gasteiger partial charge in [-0.1, -0.05) is 55.8 Å². The van der Waals surface area contributed by atoms with E-state index in [1.807, 2.05) is 25.1 Å². The summed E-state index contributed by atoms with van der Waals surface area (Å²) in [6.45, 7) is 2.27. The largest absolute Gasteiger partial charge is 0.497 e. The maximum Gasteiger partial charge on any atom is 0.247 e. The van der Waals surface area contributed by atoms with E-state index in [1.54, 1.807) is 43.5 Å². The van der Waals surface area contributed by atoms with E-state index >= 15 is 0 Å². The molecule has 0 saturated carbocycles. The minimum absolute atomic E-state index is 0.126. The van der Waals surface area contributed by atoms with E-state index in [-0.39, 0.29) is 19.0 Å². The van der Waals surface area contributed by atoms with Crippen LogP contribution in [-0.4, -0.2) is 62.9 Å². The van der Waals surface area contributed by atoms with Gasteiger partial charge in [0.05, 0.1) is 19.9 Å². The second-order valence-electron chi connectivity index (χ2n) is 7.85. The molecule has 0 aliphatic carbocycles. The van der Waals surface area contributed by atoms with Crippen molar-refractivity contribution in [1.82, 2.24) is 14.5 Å². The van der Waals surface area contributed by atoms with Crippen LogP contribution in [-0.2, 0) is 26.2 Å². The number of benzene rings is 2. The maximum atomic E-state index is 13.4. The zero-order valence-electron chi connectivity index (χ0n) is 19.7. The van der Waals surface area contributed by atoms with Crippen molar-refractivity contribution >= 4 is 21.8 Å². The van der Waals surface area contributed by atoms with Crippen molar-refractivity contribution in [2.45, 2.75) is 32.4 Å². The molecule has 0 unspecified atom stereocenters. The third-order valence-electron chi connectivity index (χ3n) is 5.26. The number of ether oxygens (including phenoxy) is 1. The molecule has 0 radical (unpaired) electrons. The second-order valence-corrected chi connectivity index (χ2v) is 9.94. The number of methoxy groups -OCH3 is 1. The van der Waals surface area contributed by atoms with Gasteiger partial charge >= 0.3 is 0 Å². The van der Waals surface area contributed by atoms with Gasteiger partial charge in [0.1, 0.15) is 11.8 Å². The van der Waals surface area contributed by atoms with Crippen molar-refractivity contribution in [1.29, 1.82) is 0 Å². The molecule has 180 valence electrons. The van der Waals surface area contributed by atoms with Crippen molar-refractivity contribution in [2.24, 2.45) is 0 Å². The topological polar surface area (TPSA) is 96.0 Å². The van der Waals surface area contributed by atoms with Crippen molar-refractivity contribution in [3.05, 3.63) is 65.7 Å². The van der Waals surface area contributed by atoms with E-state index in [0.717, 1.165) is 29.0 Å². The van der Waals surface area contributed by atoms with Crippen LogP contribution in [0.5, 0.6) is 5.75 Å². The Balaban J connectivity index is 2.45. The molecule has 0 heterocycles. The lowest BCUT2D eigenvalue weighted by Crippen LogP contribution is -2.47. The average molecular weight is 476 g/mol. The van der Waals surface area contributed by atoms with Crippen molar-refractivity contribution in [2.75, 3.05) is 33.5 Å². The molecule has 0 aliphatic heterocycles. The van der Waals surface area contributed by atoms with Crippen LogP contribution in [0, 0.1) is 0 Å². The normalized spacial score (nSPS) is 12.3. The highest BCUT2D eigenvalue weighted by Gasteiger charge is 2.32. The monoisotopic (exact) mass is 475 g/mol. The summed E-state index contributed by atoms with van der Waals surface area (Å²) in [5, 5.41) is 2.92. The van der Waals surface area contributed by atoms with Crippen LogP contribution in [0.3, 0.4) is 0 Å². The number of nitrogens with one attached hydrogen (secondary N) is 1. The summed E-state index contributed by atoms with van der Waals surface area (Å²) in [6.07, 6.45) is 2.78. The number of hydrogen-bond donors (Lipinski definition) is 1. The molecule has 9 heteroatoms. The zero-order valence-corrected chi connectivity index (χ0v) is 20.5. The smallest absolute Gasteiger partial charge is 0.247 e. The first-order valence-electron chi connectivity index (χ1n) is 10.8. The lowest BCUT2D eigenvalue weighted by atomic mass is 10.0. The standard InChI is InChI=1S/C24H33N3O5S/c1-5-6-16-25-24(29)23(20-10-8-7-9-11-20)27(22(28)18-26(2)33(4,30)31)17-19-12-14-21(32-3)15-13-19/h7-15,23H,5-6,16-18H2,1-4H3,(H,25,29)/t23-/m0/s1.